The average Bonchev–Trinajstić information content (AvgIpc) is 2.26. The maximum Gasteiger partial charge on any atom is 0.242 e. The van der Waals surface area contributed by atoms with E-state index in [4.69, 9.17) is 9.84 Å². The Labute approximate surface area is 108 Å². The van der Waals surface area contributed by atoms with E-state index in [0.717, 1.165) is 0 Å². The van der Waals surface area contributed by atoms with Gasteiger partial charge >= 0.3 is 0 Å². The quantitative estimate of drug-likeness (QED) is 0.610. The fraction of sp³-hybridized carbons (Fsp3) is 0.833. The lowest BCUT2D eigenvalue weighted by atomic mass is 9.95. The maximum atomic E-state index is 11.8. The maximum absolute atomic E-state index is 11.8. The highest BCUT2D eigenvalue weighted by molar-refractivity contribution is 5.89. The van der Waals surface area contributed by atoms with E-state index in [1.54, 1.807) is 27.7 Å². The summed E-state index contributed by atoms with van der Waals surface area (Å²) in [5, 5.41) is 14.2. The van der Waals surface area contributed by atoms with Crippen LogP contribution >= 0.6 is 0 Å². The number of amides is 2. The molecule has 0 saturated heterocycles. The van der Waals surface area contributed by atoms with Crippen LogP contribution in [-0.4, -0.2) is 49.3 Å². The molecule has 0 saturated carbocycles. The third kappa shape index (κ3) is 5.97. The minimum Gasteiger partial charge on any atom is -0.394 e. The lowest BCUT2D eigenvalue weighted by Crippen LogP contribution is -2.52. The van der Waals surface area contributed by atoms with Crippen LogP contribution in [0.3, 0.4) is 0 Å². The Balaban J connectivity index is 4.30. The molecule has 0 aliphatic heterocycles. The van der Waals surface area contributed by atoms with Gasteiger partial charge in [0.1, 0.15) is 6.04 Å². The molecule has 0 spiro atoms. The number of carbonyl (C=O) groups is 2. The summed E-state index contributed by atoms with van der Waals surface area (Å²) in [7, 11) is 1.49. The third-order valence-electron chi connectivity index (χ3n) is 2.36. The number of rotatable bonds is 6. The summed E-state index contributed by atoms with van der Waals surface area (Å²) in [6, 6.07) is -1.11. The summed E-state index contributed by atoms with van der Waals surface area (Å²) in [6.45, 7) is 6.93. The second-order valence-electron chi connectivity index (χ2n) is 5.29. The Kier molecular flexibility index (Phi) is 6.86. The Morgan fingerprint density at radius 3 is 2.22 bits per heavy atom. The van der Waals surface area contributed by atoms with E-state index in [-0.39, 0.29) is 25.0 Å². The van der Waals surface area contributed by atoms with Crippen molar-refractivity contribution in [3.8, 4) is 0 Å². The first-order valence-corrected chi connectivity index (χ1v) is 5.93. The Morgan fingerprint density at radius 2 is 1.83 bits per heavy atom. The van der Waals surface area contributed by atoms with Crippen LogP contribution in [0, 0.1) is 5.41 Å². The van der Waals surface area contributed by atoms with Crippen molar-refractivity contribution in [2.24, 2.45) is 5.41 Å². The van der Waals surface area contributed by atoms with Crippen LogP contribution in [-0.2, 0) is 14.3 Å². The van der Waals surface area contributed by atoms with Crippen molar-refractivity contribution in [3.63, 3.8) is 0 Å². The topological polar surface area (TPSA) is 87.7 Å². The fourth-order valence-corrected chi connectivity index (χ4v) is 1.15. The van der Waals surface area contributed by atoms with Gasteiger partial charge in [-0.15, -0.1) is 0 Å². The molecule has 0 heterocycles. The summed E-state index contributed by atoms with van der Waals surface area (Å²) in [5.41, 5.74) is -0.544. The second kappa shape index (κ2) is 7.33. The number of nitrogens with one attached hydrogen (secondary N) is 2. The van der Waals surface area contributed by atoms with Gasteiger partial charge in [-0.3, -0.25) is 9.59 Å². The first kappa shape index (κ1) is 16.9. The number of methoxy groups -OCH3 is 1. The van der Waals surface area contributed by atoms with Gasteiger partial charge in [0.2, 0.25) is 11.8 Å². The normalized spacial score (nSPS) is 14.8. The van der Waals surface area contributed by atoms with E-state index < -0.39 is 17.5 Å². The number of hydrogen-bond acceptors (Lipinski definition) is 4. The molecule has 0 radical (unpaired) electrons. The van der Waals surface area contributed by atoms with E-state index >= 15 is 0 Å². The molecular weight excluding hydrogens is 236 g/mol. The number of hydrogen-bond donors (Lipinski definition) is 3. The molecule has 6 heteroatoms. The third-order valence-corrected chi connectivity index (χ3v) is 2.36. The minimum absolute atomic E-state index is 0.197. The summed E-state index contributed by atoms with van der Waals surface area (Å²) in [5.74, 6) is -0.541. The number of ether oxygens (including phenoxy) is 1. The lowest BCUT2D eigenvalue weighted by Gasteiger charge is -2.23. The van der Waals surface area contributed by atoms with Crippen LogP contribution in [0.1, 0.15) is 27.7 Å². The Bertz CT molecular complexity index is 286. The molecule has 0 aromatic heterocycles. The molecule has 6 nitrogen and oxygen atoms in total. The van der Waals surface area contributed by atoms with Crippen molar-refractivity contribution >= 4 is 11.8 Å². The summed E-state index contributed by atoms with van der Waals surface area (Å²) < 4.78 is 4.85. The second-order valence-corrected chi connectivity index (χ2v) is 5.29. The van der Waals surface area contributed by atoms with Gasteiger partial charge < -0.3 is 20.5 Å². The Hall–Kier alpha value is -1.14. The van der Waals surface area contributed by atoms with Crippen LogP contribution < -0.4 is 10.6 Å². The predicted octanol–water partition coefficient (Wildman–Crippen LogP) is -0.339. The molecule has 0 aromatic carbocycles. The van der Waals surface area contributed by atoms with Crippen molar-refractivity contribution in [1.82, 2.24) is 10.6 Å². The van der Waals surface area contributed by atoms with Crippen LogP contribution in [0.2, 0.25) is 0 Å². The highest BCUT2D eigenvalue weighted by Crippen LogP contribution is 2.12. The molecule has 0 rings (SSSR count). The van der Waals surface area contributed by atoms with Crippen LogP contribution in [0.15, 0.2) is 0 Å². The molecule has 2 amide bonds. The highest BCUT2D eigenvalue weighted by atomic mass is 16.5. The fourth-order valence-electron chi connectivity index (χ4n) is 1.15. The van der Waals surface area contributed by atoms with Crippen LogP contribution in [0.5, 0.6) is 0 Å². The molecule has 0 aromatic rings. The lowest BCUT2D eigenvalue weighted by molar-refractivity contribution is -0.133. The summed E-state index contributed by atoms with van der Waals surface area (Å²) in [4.78, 5) is 23.5. The van der Waals surface area contributed by atoms with Gasteiger partial charge in [0.15, 0.2) is 0 Å². The number of aliphatic hydroxyl groups excluding tert-OH is 1. The van der Waals surface area contributed by atoms with Gasteiger partial charge in [0.05, 0.1) is 19.3 Å². The van der Waals surface area contributed by atoms with Gasteiger partial charge in [-0.25, -0.2) is 0 Å². The van der Waals surface area contributed by atoms with Crippen molar-refractivity contribution < 1.29 is 19.4 Å². The number of carbonyl (C=O) groups excluding carboxylic acids is 2. The molecule has 106 valence electrons. The zero-order valence-electron chi connectivity index (χ0n) is 11.7. The highest BCUT2D eigenvalue weighted by Gasteiger charge is 2.25. The zero-order valence-corrected chi connectivity index (χ0v) is 11.7. The smallest absolute Gasteiger partial charge is 0.242 e. The van der Waals surface area contributed by atoms with Crippen molar-refractivity contribution in [1.29, 1.82) is 0 Å². The van der Waals surface area contributed by atoms with E-state index in [1.807, 2.05) is 0 Å². The largest absolute Gasteiger partial charge is 0.394 e. The first-order chi connectivity index (χ1) is 8.22. The SMILES string of the molecule is COCC(CO)NC(=O)C(C)NC(=O)C(C)(C)C. The molecule has 3 N–H and O–H groups in total. The molecule has 0 aliphatic rings. The summed E-state index contributed by atoms with van der Waals surface area (Å²) in [6.07, 6.45) is 0. The van der Waals surface area contributed by atoms with E-state index in [9.17, 15) is 9.59 Å². The van der Waals surface area contributed by atoms with Gasteiger partial charge in [-0.1, -0.05) is 20.8 Å². The van der Waals surface area contributed by atoms with Gasteiger partial charge in [-0.05, 0) is 6.92 Å². The standard InChI is InChI=1S/C12H24N2O4/c1-8(13-11(17)12(2,3)4)10(16)14-9(6-15)7-18-5/h8-9,15H,6-7H2,1-5H3,(H,13,17)(H,14,16). The summed E-state index contributed by atoms with van der Waals surface area (Å²) >= 11 is 0. The molecule has 2 atom stereocenters. The zero-order chi connectivity index (χ0) is 14.3. The van der Waals surface area contributed by atoms with Gasteiger partial charge in [0.25, 0.3) is 0 Å². The van der Waals surface area contributed by atoms with Crippen LogP contribution in [0.25, 0.3) is 0 Å². The molecule has 0 fully saturated rings. The Morgan fingerprint density at radius 1 is 1.28 bits per heavy atom. The first-order valence-electron chi connectivity index (χ1n) is 5.93. The van der Waals surface area contributed by atoms with Gasteiger partial charge in [0, 0.05) is 12.5 Å². The molecular formula is C12H24N2O4. The monoisotopic (exact) mass is 260 g/mol. The molecule has 18 heavy (non-hydrogen) atoms. The molecule has 0 bridgehead atoms. The van der Waals surface area contributed by atoms with Crippen molar-refractivity contribution in [3.05, 3.63) is 0 Å². The van der Waals surface area contributed by atoms with Crippen LogP contribution in [0.4, 0.5) is 0 Å². The predicted molar refractivity (Wildman–Crippen MR) is 68.0 cm³/mol. The van der Waals surface area contributed by atoms with E-state index in [1.165, 1.54) is 7.11 Å². The number of aliphatic hydroxyl groups is 1. The van der Waals surface area contributed by atoms with Gasteiger partial charge in [-0.2, -0.15) is 0 Å². The average molecular weight is 260 g/mol. The molecule has 0 aliphatic carbocycles. The van der Waals surface area contributed by atoms with Crippen molar-refractivity contribution in [2.75, 3.05) is 20.3 Å². The van der Waals surface area contributed by atoms with E-state index in [2.05, 4.69) is 10.6 Å². The minimum atomic E-state index is -0.650. The van der Waals surface area contributed by atoms with Crippen molar-refractivity contribution in [2.45, 2.75) is 39.8 Å². The van der Waals surface area contributed by atoms with E-state index in [0.29, 0.717) is 0 Å². The molecule has 2 unspecified atom stereocenters.